The lowest BCUT2D eigenvalue weighted by molar-refractivity contribution is -0.132. The molecule has 1 aliphatic heterocycles. The van der Waals surface area contributed by atoms with Gasteiger partial charge < -0.3 is 67.5 Å². The zero-order valence-electron chi connectivity index (χ0n) is 61.1. The number of benzene rings is 7. The second kappa shape index (κ2) is 35.5. The molecule has 0 aliphatic carbocycles. The smallest absolute Gasteiger partial charge is 0.244 e. The molecule has 0 saturated heterocycles. The number of ketones is 1. The minimum absolute atomic E-state index is 0.00478. The number of Topliss-reactive ketones (excluding diaryl/α,β-unsaturated/α-hetero) is 1. The Morgan fingerprint density at radius 2 is 1.09 bits per heavy atom. The largest absolute Gasteiger partial charge is 0.382 e. The molecule has 0 saturated carbocycles. The number of rotatable bonds is 33. The highest BCUT2D eigenvalue weighted by Crippen LogP contribution is 2.32. The van der Waals surface area contributed by atoms with Gasteiger partial charge in [-0.25, -0.2) is 9.97 Å². The fraction of sp³-hybridized carbons (Fsp3) is 0.256. The van der Waals surface area contributed by atoms with Gasteiger partial charge in [-0.2, -0.15) is 0 Å². The molecule has 24 heteroatoms. The number of amides is 7. The van der Waals surface area contributed by atoms with Crippen molar-refractivity contribution in [2.75, 3.05) is 23.7 Å². The molecule has 14 N–H and O–H groups in total. The number of nitrogen functional groups attached to an aromatic ring is 1. The van der Waals surface area contributed by atoms with E-state index in [-0.39, 0.29) is 75.6 Å². The summed E-state index contributed by atoms with van der Waals surface area (Å²) < 4.78 is 2.27. The monoisotopic (exact) mass is 1470 g/mol. The van der Waals surface area contributed by atoms with Crippen LogP contribution in [0.4, 0.5) is 11.5 Å². The van der Waals surface area contributed by atoms with Gasteiger partial charge in [0.25, 0.3) is 0 Å². The number of carbonyl (C=O) groups is 8. The van der Waals surface area contributed by atoms with Gasteiger partial charge in [0.1, 0.15) is 35.6 Å². The van der Waals surface area contributed by atoms with Crippen LogP contribution >= 0.6 is 0 Å². The van der Waals surface area contributed by atoms with Crippen LogP contribution < -0.4 is 48.3 Å². The number of carbonyl (C=O) groups excluding carboxylic acids is 8. The summed E-state index contributed by atoms with van der Waals surface area (Å²) in [7, 11) is 0. The third-order valence-corrected chi connectivity index (χ3v) is 20.1. The number of primary amides is 1. The first kappa shape index (κ1) is 75.1. The van der Waals surface area contributed by atoms with Crippen molar-refractivity contribution in [1.82, 2.24) is 66.4 Å². The summed E-state index contributed by atoms with van der Waals surface area (Å²) in [6.45, 7) is 3.88. The highest BCUT2D eigenvalue weighted by molar-refractivity contribution is 6.07. The summed E-state index contributed by atoms with van der Waals surface area (Å²) in [5.74, 6) is 4.95. The van der Waals surface area contributed by atoms with E-state index in [9.17, 15) is 38.4 Å². The predicted molar refractivity (Wildman–Crippen MR) is 428 cm³/mol. The topological polar surface area (TPSA) is 358 Å². The van der Waals surface area contributed by atoms with Gasteiger partial charge in [-0.3, -0.25) is 43.7 Å². The Morgan fingerprint density at radius 3 is 1.73 bits per heavy atom. The summed E-state index contributed by atoms with van der Waals surface area (Å²) >= 11 is 0. The maximum atomic E-state index is 14.7. The zero-order chi connectivity index (χ0) is 76.5. The van der Waals surface area contributed by atoms with E-state index in [0.717, 1.165) is 143 Å². The standard InChI is InChI=1S/C63H65N11O5.C23H23N5O3/c1-2-3-27-55-71-59-60(48-22-9-12-25-51(48)70-61(59)64)73(55)35-15-14-33-65-56(76)28-16-34-66-62(54(75)37-45-39-68-50-24-11-8-21-47(45)50)72-63(79)52(36-44-38-67-49-23-10-7-20-46(44)49)69-57(77)31-32-58(78)74-40-43-19-5-4-17-41(43)29-30-42-18-6-13-26-53(42)74;24-22(30)20(9-14-11-25-18-7-3-1-5-16(14)18)28-23(31)21(27-13-29)10-15-12-26-19-8-4-2-6-17(15)19/h4-13,17-26,38-39,52,62,66-68H,2-3,14-16,27-28,31-37,40H2,1H3,(H2,64,70)(H,65,76)(H,69,77)(H,72,79);1-8,11-13,20-21,25-26H,9-10H2,(H2,24,30)(H,27,29)(H,28,31). The number of aromatic nitrogens is 7. The highest BCUT2D eigenvalue weighted by atomic mass is 16.2. The molecule has 0 bridgehead atoms. The average Bonchev–Trinajstić information content (AvgIpc) is 1.59. The van der Waals surface area contributed by atoms with E-state index < -0.39 is 47.9 Å². The first-order valence-corrected chi connectivity index (χ1v) is 37.3. The van der Waals surface area contributed by atoms with E-state index in [1.165, 1.54) is 0 Å². The van der Waals surface area contributed by atoms with E-state index in [4.69, 9.17) is 16.5 Å². The molecule has 24 nitrogen and oxygen atoms in total. The van der Waals surface area contributed by atoms with Gasteiger partial charge in [0, 0.05) is 149 Å². The number of H-pyrrole nitrogens is 4. The summed E-state index contributed by atoms with van der Waals surface area (Å²) in [6, 6.07) is 51.0. The molecule has 0 fully saturated rings. The van der Waals surface area contributed by atoms with Crippen LogP contribution in [0, 0.1) is 11.8 Å². The van der Waals surface area contributed by atoms with Gasteiger partial charge in [-0.05, 0) is 109 Å². The molecule has 560 valence electrons. The molecule has 0 spiro atoms. The Hall–Kier alpha value is -13.1. The van der Waals surface area contributed by atoms with Crippen molar-refractivity contribution in [3.8, 4) is 11.8 Å². The van der Waals surface area contributed by atoms with Gasteiger partial charge in [0.2, 0.25) is 41.9 Å². The van der Waals surface area contributed by atoms with Crippen molar-refractivity contribution in [3.63, 3.8) is 0 Å². The molecule has 6 aromatic heterocycles. The number of hydrogen-bond donors (Lipinski definition) is 12. The van der Waals surface area contributed by atoms with Crippen LogP contribution in [-0.4, -0.2) is 119 Å². The van der Waals surface area contributed by atoms with E-state index >= 15 is 0 Å². The fourth-order valence-electron chi connectivity index (χ4n) is 14.3. The van der Waals surface area contributed by atoms with E-state index in [1.54, 1.807) is 17.3 Å². The van der Waals surface area contributed by atoms with Crippen molar-refractivity contribution < 1.29 is 38.4 Å². The number of fused-ring (bicyclic) bond motifs is 9. The molecular formula is C86H88N16O8. The van der Waals surface area contributed by atoms with Crippen molar-refractivity contribution >= 4 is 125 Å². The maximum Gasteiger partial charge on any atom is 0.244 e. The van der Waals surface area contributed by atoms with Crippen LogP contribution in [0.25, 0.3) is 65.5 Å². The van der Waals surface area contributed by atoms with Crippen molar-refractivity contribution in [2.45, 2.75) is 128 Å². The van der Waals surface area contributed by atoms with Gasteiger partial charge in [-0.15, -0.1) is 0 Å². The molecule has 0 radical (unpaired) electrons. The van der Waals surface area contributed by atoms with Crippen molar-refractivity contribution in [1.29, 1.82) is 0 Å². The SMILES string of the molecule is CCCCc1nc2c(N)nc3ccccc3c2n1CCCCNC(=O)CCCNC(NC(=O)C(Cc1c[nH]c2ccccc12)NC(=O)CCC(=O)N1Cc2ccccc2C#Cc2ccccc21)C(=O)Cc1c[nH]c2ccccc12.NC(=O)C(Cc1c[nH]c2ccccc12)NC(=O)C(Cc1c[nH]c2ccccc12)NC=O. The molecule has 7 aromatic carbocycles. The number of aryl methyl sites for hydroxylation is 2. The van der Waals surface area contributed by atoms with Crippen LogP contribution in [0.3, 0.4) is 0 Å². The Bertz CT molecular complexity index is 5600. The minimum Gasteiger partial charge on any atom is -0.382 e. The number of nitrogens with two attached hydrogens (primary N) is 2. The summed E-state index contributed by atoms with van der Waals surface area (Å²) in [5, 5.41) is 22.1. The van der Waals surface area contributed by atoms with Gasteiger partial charge in [0.05, 0.1) is 23.3 Å². The lowest BCUT2D eigenvalue weighted by Crippen LogP contribution is -2.57. The predicted octanol–water partition coefficient (Wildman–Crippen LogP) is 9.97. The maximum absolute atomic E-state index is 14.7. The van der Waals surface area contributed by atoms with Gasteiger partial charge >= 0.3 is 0 Å². The van der Waals surface area contributed by atoms with Gasteiger partial charge in [-0.1, -0.05) is 147 Å². The minimum atomic E-state index is -1.17. The average molecular weight is 1470 g/mol. The number of para-hydroxylation sites is 6. The summed E-state index contributed by atoms with van der Waals surface area (Å²) in [5.41, 5.74) is 24.5. The Labute approximate surface area is 634 Å². The van der Waals surface area contributed by atoms with Gasteiger partial charge in [0.15, 0.2) is 11.6 Å². The van der Waals surface area contributed by atoms with Crippen LogP contribution in [0.15, 0.2) is 195 Å². The van der Waals surface area contributed by atoms with Crippen molar-refractivity contribution in [2.24, 2.45) is 5.73 Å². The normalized spacial score (nSPS) is 12.8. The van der Waals surface area contributed by atoms with Crippen LogP contribution in [0.1, 0.15) is 103 Å². The first-order valence-electron chi connectivity index (χ1n) is 37.3. The van der Waals surface area contributed by atoms with E-state index in [1.807, 2.05) is 176 Å². The molecule has 4 unspecified atom stereocenters. The summed E-state index contributed by atoms with van der Waals surface area (Å²) in [6.07, 6.45) is 11.8. The third kappa shape index (κ3) is 17.9. The quantitative estimate of drug-likeness (QED) is 0.00791. The zero-order valence-corrected chi connectivity index (χ0v) is 61.1. The fourth-order valence-corrected chi connectivity index (χ4v) is 14.3. The molecule has 7 amide bonds. The van der Waals surface area contributed by atoms with Crippen LogP contribution in [-0.2, 0) is 83.5 Å². The Balaban J connectivity index is 0.000000285. The second-order valence-corrected chi connectivity index (χ2v) is 27.6. The summed E-state index contributed by atoms with van der Waals surface area (Å²) in [4.78, 5) is 131. The molecule has 1 aliphatic rings. The molecular weight excluding hydrogens is 1390 g/mol. The highest BCUT2D eigenvalue weighted by Gasteiger charge is 2.31. The van der Waals surface area contributed by atoms with Crippen LogP contribution in [0.2, 0.25) is 0 Å². The number of pyridine rings is 1. The Kier molecular flexibility index (Phi) is 24.2. The second-order valence-electron chi connectivity index (χ2n) is 27.6. The third-order valence-electron chi connectivity index (χ3n) is 20.1. The van der Waals surface area contributed by atoms with Crippen molar-refractivity contribution in [3.05, 3.63) is 239 Å². The first-order chi connectivity index (χ1) is 53.7. The van der Waals surface area contributed by atoms with E-state index in [0.29, 0.717) is 36.4 Å². The van der Waals surface area contributed by atoms with Crippen LogP contribution in [0.5, 0.6) is 0 Å². The lowest BCUT2D eigenvalue weighted by atomic mass is 10.0. The lowest BCUT2D eigenvalue weighted by Gasteiger charge is -2.26. The Morgan fingerprint density at radius 1 is 0.545 bits per heavy atom. The molecule has 7 heterocycles. The molecule has 4 atom stereocenters. The molecule has 110 heavy (non-hydrogen) atoms. The number of aromatic amines is 4. The molecule has 14 rings (SSSR count). The molecule has 13 aromatic rings. The number of nitrogens with one attached hydrogen (secondary N) is 10. The number of unbranched alkanes of at least 4 members (excludes halogenated alkanes) is 2. The van der Waals surface area contributed by atoms with E-state index in [2.05, 4.69) is 86.2 Å². The number of imidazole rings is 1. The number of anilines is 2. The number of hydrogen-bond acceptors (Lipinski definition) is 12. The number of nitrogens with zero attached hydrogens (tertiary/aromatic N) is 4.